The average molecular weight is 273 g/mol. The number of rotatable bonds is 2. The first-order valence-corrected chi connectivity index (χ1v) is 7.29. The Kier molecular flexibility index (Phi) is 3.79. The van der Waals surface area contributed by atoms with Crippen LogP contribution in [0.5, 0.6) is 0 Å². The summed E-state index contributed by atoms with van der Waals surface area (Å²) < 4.78 is 0. The number of hydrogen-bond donors (Lipinski definition) is 0. The normalized spacial score (nSPS) is 17.3. The summed E-state index contributed by atoms with van der Waals surface area (Å²) in [6, 6.07) is 10.6. The van der Waals surface area contributed by atoms with E-state index in [1.807, 2.05) is 24.4 Å². The molecule has 1 aromatic carbocycles. The Balaban J connectivity index is 1.87. The number of benzene rings is 1. The number of para-hydroxylation sites is 1. The predicted octanol–water partition coefficient (Wildman–Crippen LogP) is 4.64. The van der Waals surface area contributed by atoms with Crippen LogP contribution in [0, 0.1) is 0 Å². The van der Waals surface area contributed by atoms with Gasteiger partial charge in [-0.1, -0.05) is 49.1 Å². The molecule has 0 bridgehead atoms. The van der Waals surface area contributed by atoms with Gasteiger partial charge in [0.2, 0.25) is 0 Å². The number of aliphatic imine (C=N–C) groups is 1. The fraction of sp³-hybridized carbons (Fsp3) is 0.375. The Hall–Kier alpha value is -1.41. The van der Waals surface area contributed by atoms with Crippen molar-refractivity contribution in [2.45, 2.75) is 38.1 Å². The highest BCUT2D eigenvalue weighted by Crippen LogP contribution is 2.22. The van der Waals surface area contributed by atoms with Crippen LogP contribution in [-0.4, -0.2) is 17.2 Å². The molecule has 19 heavy (non-hydrogen) atoms. The molecule has 1 fully saturated rings. The van der Waals surface area contributed by atoms with Gasteiger partial charge in [-0.2, -0.15) is 0 Å². The summed E-state index contributed by atoms with van der Waals surface area (Å²) in [4.78, 5) is 9.09. The first kappa shape index (κ1) is 12.6. The third-order valence-electron chi connectivity index (χ3n) is 3.70. The third kappa shape index (κ3) is 2.95. The zero-order valence-corrected chi connectivity index (χ0v) is 11.6. The van der Waals surface area contributed by atoms with E-state index in [4.69, 9.17) is 11.6 Å². The van der Waals surface area contributed by atoms with Crippen molar-refractivity contribution in [3.05, 3.63) is 41.0 Å². The highest BCUT2D eigenvalue weighted by Gasteiger charge is 2.11. The van der Waals surface area contributed by atoms with Gasteiger partial charge in [0, 0.05) is 23.2 Å². The van der Waals surface area contributed by atoms with Gasteiger partial charge >= 0.3 is 0 Å². The van der Waals surface area contributed by atoms with Crippen molar-refractivity contribution in [1.82, 2.24) is 4.98 Å². The Labute approximate surface area is 118 Å². The van der Waals surface area contributed by atoms with Gasteiger partial charge in [0.1, 0.15) is 5.15 Å². The molecule has 3 heteroatoms. The van der Waals surface area contributed by atoms with Crippen LogP contribution >= 0.6 is 11.6 Å². The number of fused-ring (bicyclic) bond motifs is 1. The van der Waals surface area contributed by atoms with Crippen LogP contribution < -0.4 is 0 Å². The lowest BCUT2D eigenvalue weighted by Gasteiger charge is -2.17. The maximum atomic E-state index is 6.22. The zero-order valence-electron chi connectivity index (χ0n) is 10.8. The minimum Gasteiger partial charge on any atom is -0.289 e. The zero-order chi connectivity index (χ0) is 13.1. The number of hydrogen-bond acceptors (Lipinski definition) is 2. The second kappa shape index (κ2) is 5.70. The van der Waals surface area contributed by atoms with Crippen molar-refractivity contribution in [3.63, 3.8) is 0 Å². The molecule has 0 unspecified atom stereocenters. The maximum absolute atomic E-state index is 6.22. The van der Waals surface area contributed by atoms with Crippen molar-refractivity contribution >= 4 is 28.7 Å². The molecule has 0 spiro atoms. The minimum absolute atomic E-state index is 0.469. The number of halogens is 1. The summed E-state index contributed by atoms with van der Waals surface area (Å²) in [5.74, 6) is 0. The first-order chi connectivity index (χ1) is 9.33. The van der Waals surface area contributed by atoms with E-state index < -0.39 is 0 Å². The van der Waals surface area contributed by atoms with Crippen molar-refractivity contribution < 1.29 is 0 Å². The first-order valence-electron chi connectivity index (χ1n) is 6.91. The van der Waals surface area contributed by atoms with Crippen molar-refractivity contribution in [1.29, 1.82) is 0 Å². The molecular formula is C16H17ClN2. The number of aromatic nitrogens is 1. The average Bonchev–Trinajstić information content (AvgIpc) is 2.46. The van der Waals surface area contributed by atoms with Gasteiger partial charge in [0.05, 0.1) is 5.52 Å². The van der Waals surface area contributed by atoms with Crippen LogP contribution in [0.15, 0.2) is 35.3 Å². The Bertz CT molecular complexity index is 601. The molecule has 0 N–H and O–H groups in total. The van der Waals surface area contributed by atoms with Crippen LogP contribution in [0.4, 0.5) is 0 Å². The van der Waals surface area contributed by atoms with Crippen LogP contribution in [0.1, 0.15) is 37.7 Å². The van der Waals surface area contributed by atoms with Crippen molar-refractivity contribution in [3.8, 4) is 0 Å². The molecule has 1 aliphatic carbocycles. The topological polar surface area (TPSA) is 25.2 Å². The van der Waals surface area contributed by atoms with Crippen molar-refractivity contribution in [2.75, 3.05) is 0 Å². The summed E-state index contributed by atoms with van der Waals surface area (Å²) in [6.07, 6.45) is 8.25. The standard InChI is InChI=1S/C16H17ClN2/c17-16-13(11-18-14-7-2-1-3-8-14)10-12-6-4-5-9-15(12)19-16/h4-6,9-11,14H,1-3,7-8H2. The lowest BCUT2D eigenvalue weighted by molar-refractivity contribution is 0.444. The number of pyridine rings is 1. The molecular weight excluding hydrogens is 256 g/mol. The van der Waals surface area contributed by atoms with Crippen LogP contribution in [0.25, 0.3) is 10.9 Å². The Morgan fingerprint density at radius 2 is 1.95 bits per heavy atom. The lowest BCUT2D eigenvalue weighted by Crippen LogP contribution is -2.09. The molecule has 0 saturated heterocycles. The molecule has 2 aromatic rings. The quantitative estimate of drug-likeness (QED) is 0.577. The second-order valence-corrected chi connectivity index (χ2v) is 5.49. The van der Waals surface area contributed by atoms with Crippen LogP contribution in [0.3, 0.4) is 0 Å². The van der Waals surface area contributed by atoms with Gasteiger partial charge in [-0.05, 0) is 25.0 Å². The van der Waals surface area contributed by atoms with Gasteiger partial charge in [0.15, 0.2) is 0 Å². The van der Waals surface area contributed by atoms with E-state index >= 15 is 0 Å². The summed E-state index contributed by atoms with van der Waals surface area (Å²) >= 11 is 6.22. The highest BCUT2D eigenvalue weighted by atomic mass is 35.5. The van der Waals surface area contributed by atoms with Gasteiger partial charge in [-0.3, -0.25) is 4.99 Å². The summed E-state index contributed by atoms with van der Waals surface area (Å²) in [5, 5.41) is 1.65. The minimum atomic E-state index is 0.469. The molecule has 3 rings (SSSR count). The molecule has 1 aromatic heterocycles. The fourth-order valence-corrected chi connectivity index (χ4v) is 2.81. The summed E-state index contributed by atoms with van der Waals surface area (Å²) in [5.41, 5.74) is 1.85. The third-order valence-corrected chi connectivity index (χ3v) is 4.01. The smallest absolute Gasteiger partial charge is 0.138 e. The largest absolute Gasteiger partial charge is 0.289 e. The molecule has 1 heterocycles. The Morgan fingerprint density at radius 3 is 2.79 bits per heavy atom. The lowest BCUT2D eigenvalue weighted by atomic mass is 9.96. The molecule has 0 radical (unpaired) electrons. The van der Waals surface area contributed by atoms with E-state index in [0.29, 0.717) is 11.2 Å². The fourth-order valence-electron chi connectivity index (χ4n) is 2.62. The summed E-state index contributed by atoms with van der Waals surface area (Å²) in [6.45, 7) is 0. The van der Waals surface area contributed by atoms with E-state index in [-0.39, 0.29) is 0 Å². The van der Waals surface area contributed by atoms with E-state index in [0.717, 1.165) is 16.5 Å². The second-order valence-electron chi connectivity index (χ2n) is 5.13. The predicted molar refractivity (Wildman–Crippen MR) is 81.2 cm³/mol. The Morgan fingerprint density at radius 1 is 1.16 bits per heavy atom. The van der Waals surface area contributed by atoms with Gasteiger partial charge in [-0.15, -0.1) is 0 Å². The van der Waals surface area contributed by atoms with E-state index in [2.05, 4.69) is 22.1 Å². The van der Waals surface area contributed by atoms with Gasteiger partial charge in [0.25, 0.3) is 0 Å². The van der Waals surface area contributed by atoms with Crippen LogP contribution in [-0.2, 0) is 0 Å². The molecule has 0 amide bonds. The maximum Gasteiger partial charge on any atom is 0.138 e. The molecule has 1 aliphatic rings. The highest BCUT2D eigenvalue weighted by molar-refractivity contribution is 6.32. The van der Waals surface area contributed by atoms with E-state index in [1.54, 1.807) is 0 Å². The molecule has 1 saturated carbocycles. The molecule has 0 atom stereocenters. The molecule has 2 nitrogen and oxygen atoms in total. The molecule has 98 valence electrons. The SMILES string of the molecule is Clc1nc2ccccc2cc1C=NC1CCCCC1. The summed E-state index contributed by atoms with van der Waals surface area (Å²) in [7, 11) is 0. The van der Waals surface area contributed by atoms with Gasteiger partial charge in [-0.25, -0.2) is 4.98 Å². The van der Waals surface area contributed by atoms with Gasteiger partial charge < -0.3 is 0 Å². The van der Waals surface area contributed by atoms with Crippen LogP contribution in [0.2, 0.25) is 5.15 Å². The van der Waals surface area contributed by atoms with Crippen molar-refractivity contribution in [2.24, 2.45) is 4.99 Å². The van der Waals surface area contributed by atoms with E-state index in [1.165, 1.54) is 32.1 Å². The molecule has 0 aliphatic heterocycles. The van der Waals surface area contributed by atoms with E-state index in [9.17, 15) is 0 Å². The monoisotopic (exact) mass is 272 g/mol. The number of nitrogens with zero attached hydrogens (tertiary/aromatic N) is 2.